The zero-order valence-corrected chi connectivity index (χ0v) is 11.2. The van der Waals surface area contributed by atoms with Crippen LogP contribution in [0.15, 0.2) is 0 Å². The van der Waals surface area contributed by atoms with Gasteiger partial charge >= 0.3 is 0 Å². The van der Waals surface area contributed by atoms with Crippen molar-refractivity contribution in [1.82, 2.24) is 5.32 Å². The Hall–Kier alpha value is -1.08. The molecule has 96 valence electrons. The van der Waals surface area contributed by atoms with E-state index in [-0.39, 0.29) is 17.6 Å². The van der Waals surface area contributed by atoms with Gasteiger partial charge in [-0.05, 0) is 40.0 Å². The number of hydrogen-bond donors (Lipinski definition) is 1. The molecule has 2 unspecified atom stereocenters. The molecule has 0 spiro atoms. The lowest BCUT2D eigenvalue weighted by Crippen LogP contribution is -2.49. The van der Waals surface area contributed by atoms with Crippen LogP contribution in [0.25, 0.3) is 0 Å². The van der Waals surface area contributed by atoms with Crippen molar-refractivity contribution in [2.75, 3.05) is 6.61 Å². The van der Waals surface area contributed by atoms with Crippen LogP contribution in [0.2, 0.25) is 0 Å². The lowest BCUT2D eigenvalue weighted by molar-refractivity contribution is -0.130. The van der Waals surface area contributed by atoms with Gasteiger partial charge in [0.15, 0.2) is 0 Å². The molecule has 1 aliphatic rings. The van der Waals surface area contributed by atoms with Crippen molar-refractivity contribution in [3.05, 3.63) is 0 Å². The first-order valence-electron chi connectivity index (χ1n) is 6.19. The first-order chi connectivity index (χ1) is 7.83. The van der Waals surface area contributed by atoms with Crippen LogP contribution in [0, 0.1) is 16.7 Å². The molecule has 0 aromatic rings. The van der Waals surface area contributed by atoms with Crippen LogP contribution in [-0.2, 0) is 9.53 Å². The molecular weight excluding hydrogens is 216 g/mol. The second-order valence-corrected chi connectivity index (χ2v) is 5.57. The van der Waals surface area contributed by atoms with Crippen LogP contribution < -0.4 is 5.32 Å². The van der Waals surface area contributed by atoms with E-state index < -0.39 is 5.41 Å². The van der Waals surface area contributed by atoms with Crippen molar-refractivity contribution in [3.8, 4) is 6.07 Å². The molecule has 2 atom stereocenters. The first-order valence-corrected chi connectivity index (χ1v) is 6.19. The van der Waals surface area contributed by atoms with Crippen molar-refractivity contribution in [3.63, 3.8) is 0 Å². The zero-order valence-electron chi connectivity index (χ0n) is 11.2. The van der Waals surface area contributed by atoms with Crippen molar-refractivity contribution in [2.24, 2.45) is 5.41 Å². The zero-order chi connectivity index (χ0) is 13.1. The summed E-state index contributed by atoms with van der Waals surface area (Å²) in [7, 11) is 0. The molecule has 1 N–H and O–H groups in total. The third-order valence-electron chi connectivity index (χ3n) is 3.49. The molecule has 1 fully saturated rings. The van der Waals surface area contributed by atoms with Gasteiger partial charge in [-0.2, -0.15) is 5.26 Å². The number of carbonyl (C=O) groups is 1. The quantitative estimate of drug-likeness (QED) is 0.818. The fourth-order valence-corrected chi connectivity index (χ4v) is 1.99. The Bertz CT molecular complexity index is 333. The van der Waals surface area contributed by atoms with Gasteiger partial charge in [0.25, 0.3) is 0 Å². The molecule has 4 heteroatoms. The fourth-order valence-electron chi connectivity index (χ4n) is 1.99. The maximum absolute atomic E-state index is 12.0. The van der Waals surface area contributed by atoms with Crippen LogP contribution in [0.1, 0.15) is 47.0 Å². The van der Waals surface area contributed by atoms with Gasteiger partial charge in [0, 0.05) is 12.6 Å². The summed E-state index contributed by atoms with van der Waals surface area (Å²) in [5.74, 6) is -0.162. The van der Waals surface area contributed by atoms with Gasteiger partial charge in [-0.15, -0.1) is 0 Å². The number of rotatable bonds is 3. The number of nitrogens with zero attached hydrogens (tertiary/aromatic N) is 1. The first kappa shape index (κ1) is 14.0. The highest BCUT2D eigenvalue weighted by atomic mass is 16.5. The molecule has 0 bridgehead atoms. The minimum atomic E-state index is -0.914. The summed E-state index contributed by atoms with van der Waals surface area (Å²) in [4.78, 5) is 12.0. The Morgan fingerprint density at radius 3 is 2.76 bits per heavy atom. The van der Waals surface area contributed by atoms with E-state index in [9.17, 15) is 4.79 Å². The summed E-state index contributed by atoms with van der Waals surface area (Å²) in [5.41, 5.74) is -1.10. The molecule has 0 aromatic carbocycles. The lowest BCUT2D eigenvalue weighted by atomic mass is 9.87. The number of ether oxygens (including phenoxy) is 1. The Morgan fingerprint density at radius 2 is 2.29 bits per heavy atom. The minimum absolute atomic E-state index is 0.116. The molecule has 1 rings (SSSR count). The van der Waals surface area contributed by atoms with E-state index >= 15 is 0 Å². The average Bonchev–Trinajstić information content (AvgIpc) is 2.26. The van der Waals surface area contributed by atoms with Gasteiger partial charge in [-0.3, -0.25) is 4.79 Å². The number of hydrogen-bond acceptors (Lipinski definition) is 3. The largest absolute Gasteiger partial charge is 0.375 e. The van der Waals surface area contributed by atoms with Gasteiger partial charge in [-0.25, -0.2) is 0 Å². The van der Waals surface area contributed by atoms with Crippen LogP contribution >= 0.6 is 0 Å². The van der Waals surface area contributed by atoms with E-state index in [1.807, 2.05) is 20.8 Å². The summed E-state index contributed by atoms with van der Waals surface area (Å²) >= 11 is 0. The molecule has 0 saturated carbocycles. The molecular formula is C13H22N2O2. The highest BCUT2D eigenvalue weighted by molar-refractivity contribution is 5.85. The van der Waals surface area contributed by atoms with Crippen molar-refractivity contribution >= 4 is 5.91 Å². The van der Waals surface area contributed by atoms with E-state index in [4.69, 9.17) is 10.00 Å². The van der Waals surface area contributed by atoms with Crippen LogP contribution in [-0.4, -0.2) is 24.2 Å². The third kappa shape index (κ3) is 3.44. The van der Waals surface area contributed by atoms with Crippen molar-refractivity contribution in [1.29, 1.82) is 5.26 Å². The molecule has 4 nitrogen and oxygen atoms in total. The molecule has 0 aliphatic carbocycles. The topological polar surface area (TPSA) is 62.1 Å². The van der Waals surface area contributed by atoms with Crippen molar-refractivity contribution < 1.29 is 9.53 Å². The average molecular weight is 238 g/mol. The lowest BCUT2D eigenvalue weighted by Gasteiger charge is -2.36. The second kappa shape index (κ2) is 5.05. The molecule has 0 aromatic heterocycles. The van der Waals surface area contributed by atoms with E-state index in [2.05, 4.69) is 11.4 Å². The minimum Gasteiger partial charge on any atom is -0.375 e. The highest BCUT2D eigenvalue weighted by Crippen LogP contribution is 2.26. The van der Waals surface area contributed by atoms with Gasteiger partial charge < -0.3 is 10.1 Å². The van der Waals surface area contributed by atoms with Gasteiger partial charge in [-0.1, -0.05) is 6.92 Å². The smallest absolute Gasteiger partial charge is 0.240 e. The van der Waals surface area contributed by atoms with E-state index in [1.165, 1.54) is 0 Å². The van der Waals surface area contributed by atoms with Crippen LogP contribution in [0.3, 0.4) is 0 Å². The summed E-state index contributed by atoms with van der Waals surface area (Å²) in [6.07, 6.45) is 2.15. The van der Waals surface area contributed by atoms with Crippen LogP contribution in [0.5, 0.6) is 0 Å². The van der Waals surface area contributed by atoms with Gasteiger partial charge in [0.1, 0.15) is 5.41 Å². The number of nitriles is 1. The van der Waals surface area contributed by atoms with Crippen molar-refractivity contribution in [2.45, 2.75) is 58.6 Å². The molecule has 0 radical (unpaired) electrons. The Labute approximate surface area is 103 Å². The Kier molecular flexibility index (Phi) is 4.16. The normalized spacial score (nSPS) is 26.6. The summed E-state index contributed by atoms with van der Waals surface area (Å²) < 4.78 is 5.60. The van der Waals surface area contributed by atoms with Gasteiger partial charge in [0.05, 0.1) is 11.7 Å². The monoisotopic (exact) mass is 238 g/mol. The van der Waals surface area contributed by atoms with E-state index in [0.717, 1.165) is 12.8 Å². The van der Waals surface area contributed by atoms with Crippen LogP contribution in [0.4, 0.5) is 0 Å². The number of carbonyl (C=O) groups excluding carboxylic acids is 1. The Balaban J connectivity index is 2.61. The summed E-state index contributed by atoms with van der Waals surface area (Å²) in [6.45, 7) is 8.25. The number of nitrogens with one attached hydrogen (secondary N) is 1. The predicted octanol–water partition coefficient (Wildman–Crippen LogP) is 2.00. The number of amides is 1. The summed E-state index contributed by atoms with van der Waals surface area (Å²) in [5, 5.41) is 12.0. The maximum Gasteiger partial charge on any atom is 0.240 e. The highest BCUT2D eigenvalue weighted by Gasteiger charge is 2.35. The van der Waals surface area contributed by atoms with Gasteiger partial charge in [0.2, 0.25) is 5.91 Å². The maximum atomic E-state index is 12.0. The molecule has 1 saturated heterocycles. The molecule has 1 amide bonds. The molecule has 1 heterocycles. The molecule has 17 heavy (non-hydrogen) atoms. The van der Waals surface area contributed by atoms with E-state index in [0.29, 0.717) is 13.0 Å². The third-order valence-corrected chi connectivity index (χ3v) is 3.49. The second-order valence-electron chi connectivity index (χ2n) is 5.57. The Morgan fingerprint density at radius 1 is 1.65 bits per heavy atom. The predicted molar refractivity (Wildman–Crippen MR) is 65.2 cm³/mol. The standard InChI is InChI=1S/C13H22N2O2/c1-5-13(4,9-14)11(16)15-10-6-7-17-12(2,3)8-10/h10H,5-8H2,1-4H3,(H,15,16). The van der Waals surface area contributed by atoms with E-state index in [1.54, 1.807) is 6.92 Å². The molecule has 1 aliphatic heterocycles. The fraction of sp³-hybridized carbons (Fsp3) is 0.846. The SMILES string of the molecule is CCC(C)(C#N)C(=O)NC1CCOC(C)(C)C1. The summed E-state index contributed by atoms with van der Waals surface area (Å²) in [6, 6.07) is 2.21.